The average Bonchev–Trinajstić information content (AvgIpc) is 2.23. The summed E-state index contributed by atoms with van der Waals surface area (Å²) in [6, 6.07) is 9.29. The lowest BCUT2D eigenvalue weighted by molar-refractivity contribution is -0.138. The van der Waals surface area contributed by atoms with Crippen LogP contribution < -0.4 is 0 Å². The third-order valence-corrected chi connectivity index (χ3v) is 3.20. The Kier molecular flexibility index (Phi) is 4.53. The monoisotopic (exact) mass is 246 g/mol. The third kappa shape index (κ3) is 4.88. The molecule has 0 saturated heterocycles. The number of carboxylic acid groups (broad SMARTS) is 1. The third-order valence-electron chi connectivity index (χ3n) is 2.27. The first-order valence-corrected chi connectivity index (χ1v) is 9.18. The molecular formula is C14H18O2Si. The number of rotatable bonds is 3. The van der Waals surface area contributed by atoms with Crippen molar-refractivity contribution in [3.8, 4) is 11.5 Å². The SMILES string of the molecule is C[Si](C)(C)C#CC[C@H](C(=O)O)c1ccccc1. The molecule has 0 aliphatic carbocycles. The van der Waals surface area contributed by atoms with Crippen molar-refractivity contribution in [2.75, 3.05) is 0 Å². The van der Waals surface area contributed by atoms with Gasteiger partial charge in [0.1, 0.15) is 8.07 Å². The Bertz CT molecular complexity index is 435. The van der Waals surface area contributed by atoms with Gasteiger partial charge in [-0.25, -0.2) is 0 Å². The number of benzene rings is 1. The van der Waals surface area contributed by atoms with Gasteiger partial charge in [0.25, 0.3) is 0 Å². The van der Waals surface area contributed by atoms with E-state index in [0.717, 1.165) is 5.56 Å². The quantitative estimate of drug-likeness (QED) is 0.657. The van der Waals surface area contributed by atoms with E-state index in [1.54, 1.807) is 0 Å². The van der Waals surface area contributed by atoms with E-state index in [2.05, 4.69) is 31.1 Å². The molecule has 1 aromatic carbocycles. The molecule has 1 atom stereocenters. The molecule has 0 heterocycles. The first-order valence-electron chi connectivity index (χ1n) is 5.68. The zero-order chi connectivity index (χ0) is 12.9. The van der Waals surface area contributed by atoms with E-state index in [-0.39, 0.29) is 0 Å². The van der Waals surface area contributed by atoms with Gasteiger partial charge in [0.15, 0.2) is 0 Å². The molecule has 0 saturated carbocycles. The van der Waals surface area contributed by atoms with Gasteiger partial charge in [-0.05, 0) is 5.56 Å². The maximum absolute atomic E-state index is 11.2. The molecule has 0 spiro atoms. The maximum Gasteiger partial charge on any atom is 0.311 e. The molecule has 90 valence electrons. The molecule has 1 aromatic rings. The second-order valence-electron chi connectivity index (χ2n) is 5.06. The number of carboxylic acids is 1. The van der Waals surface area contributed by atoms with Crippen molar-refractivity contribution in [3.63, 3.8) is 0 Å². The predicted octanol–water partition coefficient (Wildman–Crippen LogP) is 3.13. The smallest absolute Gasteiger partial charge is 0.311 e. The van der Waals surface area contributed by atoms with Gasteiger partial charge in [-0.15, -0.1) is 11.5 Å². The van der Waals surface area contributed by atoms with Gasteiger partial charge in [0.2, 0.25) is 0 Å². The van der Waals surface area contributed by atoms with Crippen molar-refractivity contribution in [1.82, 2.24) is 0 Å². The lowest BCUT2D eigenvalue weighted by Gasteiger charge is -2.09. The lowest BCUT2D eigenvalue weighted by atomic mass is 9.96. The molecule has 2 nitrogen and oxygen atoms in total. The Hall–Kier alpha value is -1.53. The summed E-state index contributed by atoms with van der Waals surface area (Å²) in [4.78, 5) is 11.2. The van der Waals surface area contributed by atoms with Gasteiger partial charge < -0.3 is 5.11 Å². The van der Waals surface area contributed by atoms with Crippen LogP contribution in [0.25, 0.3) is 0 Å². The van der Waals surface area contributed by atoms with Crippen molar-refractivity contribution >= 4 is 14.0 Å². The van der Waals surface area contributed by atoms with Crippen molar-refractivity contribution in [2.45, 2.75) is 32.0 Å². The number of aliphatic carboxylic acids is 1. The summed E-state index contributed by atoms with van der Waals surface area (Å²) in [7, 11) is -1.41. The zero-order valence-electron chi connectivity index (χ0n) is 10.5. The van der Waals surface area contributed by atoms with Crippen LogP contribution in [0.4, 0.5) is 0 Å². The van der Waals surface area contributed by atoms with E-state index in [4.69, 9.17) is 0 Å². The second-order valence-corrected chi connectivity index (χ2v) is 9.81. The van der Waals surface area contributed by atoms with E-state index in [0.29, 0.717) is 6.42 Å². The molecule has 3 heteroatoms. The zero-order valence-corrected chi connectivity index (χ0v) is 11.5. The Balaban J connectivity index is 2.82. The van der Waals surface area contributed by atoms with Crippen LogP contribution in [0.1, 0.15) is 17.9 Å². The van der Waals surface area contributed by atoms with Crippen LogP contribution in [0, 0.1) is 11.5 Å². The molecule has 17 heavy (non-hydrogen) atoms. The largest absolute Gasteiger partial charge is 0.481 e. The first kappa shape index (κ1) is 13.5. The van der Waals surface area contributed by atoms with Crippen molar-refractivity contribution in [1.29, 1.82) is 0 Å². The summed E-state index contributed by atoms with van der Waals surface area (Å²) in [6.45, 7) is 6.45. The molecule has 0 amide bonds. The first-order chi connectivity index (χ1) is 7.90. The number of carbonyl (C=O) groups is 1. The fraction of sp³-hybridized carbons (Fsp3) is 0.357. The van der Waals surface area contributed by atoms with Gasteiger partial charge >= 0.3 is 5.97 Å². The molecule has 0 unspecified atom stereocenters. The van der Waals surface area contributed by atoms with E-state index < -0.39 is 20.0 Å². The maximum atomic E-state index is 11.2. The van der Waals surface area contributed by atoms with Crippen LogP contribution in [-0.2, 0) is 4.79 Å². The normalized spacial score (nSPS) is 12.4. The highest BCUT2D eigenvalue weighted by molar-refractivity contribution is 6.83. The number of hydrogen-bond donors (Lipinski definition) is 1. The minimum absolute atomic E-state index is 0.392. The minimum Gasteiger partial charge on any atom is -0.481 e. The summed E-state index contributed by atoms with van der Waals surface area (Å²) in [5, 5.41) is 9.20. The summed E-state index contributed by atoms with van der Waals surface area (Å²) < 4.78 is 0. The van der Waals surface area contributed by atoms with Gasteiger partial charge in [-0.2, -0.15) is 0 Å². The van der Waals surface area contributed by atoms with Crippen LogP contribution in [0.15, 0.2) is 30.3 Å². The molecule has 0 fully saturated rings. The number of hydrogen-bond acceptors (Lipinski definition) is 1. The molecule has 0 aliphatic heterocycles. The molecule has 0 aromatic heterocycles. The molecule has 0 aliphatic rings. The fourth-order valence-electron chi connectivity index (χ4n) is 1.45. The van der Waals surface area contributed by atoms with Crippen molar-refractivity contribution < 1.29 is 9.90 Å². The Morgan fingerprint density at radius 2 is 1.88 bits per heavy atom. The van der Waals surface area contributed by atoms with Crippen LogP contribution >= 0.6 is 0 Å². The molecular weight excluding hydrogens is 228 g/mol. The minimum atomic E-state index is -1.41. The van der Waals surface area contributed by atoms with E-state index in [1.807, 2.05) is 30.3 Å². The van der Waals surface area contributed by atoms with Gasteiger partial charge in [0, 0.05) is 6.42 Å². The van der Waals surface area contributed by atoms with Crippen molar-refractivity contribution in [2.24, 2.45) is 0 Å². The molecule has 0 radical (unpaired) electrons. The Morgan fingerprint density at radius 3 is 2.35 bits per heavy atom. The molecule has 0 bridgehead atoms. The van der Waals surface area contributed by atoms with Gasteiger partial charge in [0.05, 0.1) is 5.92 Å². The second kappa shape index (κ2) is 5.69. The summed E-state index contributed by atoms with van der Waals surface area (Å²) in [6.07, 6.45) is 0.392. The lowest BCUT2D eigenvalue weighted by Crippen LogP contribution is -2.17. The van der Waals surface area contributed by atoms with E-state index >= 15 is 0 Å². The highest BCUT2D eigenvalue weighted by Gasteiger charge is 2.18. The summed E-state index contributed by atoms with van der Waals surface area (Å²) >= 11 is 0. The fourth-order valence-corrected chi connectivity index (χ4v) is 2.08. The van der Waals surface area contributed by atoms with Gasteiger partial charge in [-0.1, -0.05) is 50.0 Å². The van der Waals surface area contributed by atoms with Crippen LogP contribution in [0.3, 0.4) is 0 Å². The Labute approximate surface area is 104 Å². The van der Waals surface area contributed by atoms with Crippen LogP contribution in [-0.4, -0.2) is 19.1 Å². The summed E-state index contributed by atoms with van der Waals surface area (Å²) in [5.74, 6) is 1.72. The van der Waals surface area contributed by atoms with E-state index in [9.17, 15) is 9.90 Å². The standard InChI is InChI=1S/C14H18O2Si/c1-17(2,3)11-7-10-13(14(15)16)12-8-5-4-6-9-12/h4-6,8-9,13H,10H2,1-3H3,(H,15,16)/t13-/m0/s1. The highest BCUT2D eigenvalue weighted by Crippen LogP contribution is 2.19. The predicted molar refractivity (Wildman–Crippen MR) is 72.6 cm³/mol. The molecule has 1 rings (SSSR count). The van der Waals surface area contributed by atoms with Gasteiger partial charge in [-0.3, -0.25) is 4.79 Å². The Morgan fingerprint density at radius 1 is 1.29 bits per heavy atom. The van der Waals surface area contributed by atoms with E-state index in [1.165, 1.54) is 0 Å². The highest BCUT2D eigenvalue weighted by atomic mass is 28.3. The van der Waals surface area contributed by atoms with Crippen molar-refractivity contribution in [3.05, 3.63) is 35.9 Å². The molecule has 1 N–H and O–H groups in total. The van der Waals surface area contributed by atoms with Crippen LogP contribution in [0.5, 0.6) is 0 Å². The average molecular weight is 246 g/mol. The van der Waals surface area contributed by atoms with Crippen LogP contribution in [0.2, 0.25) is 19.6 Å². The summed E-state index contributed by atoms with van der Waals surface area (Å²) in [5.41, 5.74) is 4.03. The topological polar surface area (TPSA) is 37.3 Å².